The van der Waals surface area contributed by atoms with Crippen LogP contribution in [0.1, 0.15) is 20.3 Å². The van der Waals surface area contributed by atoms with Gasteiger partial charge in [0.2, 0.25) is 0 Å². The van der Waals surface area contributed by atoms with Gasteiger partial charge in [0.1, 0.15) is 0 Å². The topological polar surface area (TPSA) is 90.9 Å². The van der Waals surface area contributed by atoms with Crippen LogP contribution in [-0.2, 0) is 0 Å². The van der Waals surface area contributed by atoms with Crippen LogP contribution in [0, 0.1) is 0 Å². The number of aliphatic hydroxyl groups is 1. The molecule has 0 aromatic carbocycles. The van der Waals surface area contributed by atoms with Crippen LogP contribution in [0.4, 0.5) is 0 Å². The van der Waals surface area contributed by atoms with Crippen LogP contribution < -0.4 is 11.1 Å². The van der Waals surface area contributed by atoms with Gasteiger partial charge in [-0.25, -0.2) is 0 Å². The summed E-state index contributed by atoms with van der Waals surface area (Å²) in [6.07, 6.45) is 0.663. The molecule has 0 aliphatic carbocycles. The number of nitrogens with one attached hydrogen (secondary N) is 1. The molecule has 0 fully saturated rings. The van der Waals surface area contributed by atoms with Crippen LogP contribution in [0.5, 0.6) is 0 Å². The number of amidine groups is 1. The maximum atomic E-state index is 9.50. The molecule has 0 aliphatic heterocycles. The molecule has 0 bridgehead atoms. The second-order valence-electron chi connectivity index (χ2n) is 3.05. The lowest BCUT2D eigenvalue weighted by Gasteiger charge is -2.21. The quantitative estimate of drug-likeness (QED) is 0.196. The minimum atomic E-state index is -0.726. The van der Waals surface area contributed by atoms with Crippen LogP contribution >= 0.6 is 0 Å². The predicted octanol–water partition coefficient (Wildman–Crippen LogP) is -0.517. The van der Waals surface area contributed by atoms with Gasteiger partial charge in [-0.2, -0.15) is 0 Å². The number of nitrogens with two attached hydrogens (primary N) is 1. The molecule has 12 heavy (non-hydrogen) atoms. The summed E-state index contributed by atoms with van der Waals surface area (Å²) in [7, 11) is 0. The molecule has 0 heterocycles. The normalized spacial score (nSPS) is 17.4. The largest absolute Gasteiger partial charge is 0.409 e. The minimum absolute atomic E-state index is 0.113. The molecule has 0 saturated heterocycles. The summed E-state index contributed by atoms with van der Waals surface area (Å²) in [4.78, 5) is 0. The zero-order chi connectivity index (χ0) is 9.61. The highest BCUT2D eigenvalue weighted by molar-refractivity contribution is 5.81. The third-order valence-electron chi connectivity index (χ3n) is 1.70. The summed E-state index contributed by atoms with van der Waals surface area (Å²) in [5.41, 5.74) is 4.47. The van der Waals surface area contributed by atoms with E-state index in [1.165, 1.54) is 0 Å². The summed E-state index contributed by atoms with van der Waals surface area (Å²) < 4.78 is 0. The Morgan fingerprint density at radius 2 is 2.25 bits per heavy atom. The summed E-state index contributed by atoms with van der Waals surface area (Å²) in [6.45, 7) is 4.34. The van der Waals surface area contributed by atoms with E-state index in [-0.39, 0.29) is 12.4 Å². The molecular weight excluding hydrogens is 158 g/mol. The highest BCUT2D eigenvalue weighted by atomic mass is 16.4. The highest BCUT2D eigenvalue weighted by Gasteiger charge is 2.16. The second kappa shape index (κ2) is 4.95. The molecular formula is C7H17N3O2. The number of nitrogens with zero attached hydrogens (tertiary/aromatic N) is 1. The van der Waals surface area contributed by atoms with Gasteiger partial charge in [-0.05, 0) is 13.3 Å². The van der Waals surface area contributed by atoms with Crippen LogP contribution in [0.3, 0.4) is 0 Å². The van der Waals surface area contributed by atoms with Gasteiger partial charge >= 0.3 is 0 Å². The lowest BCUT2D eigenvalue weighted by atomic mass is 10.0. The maximum Gasteiger partial charge on any atom is 0.153 e. The SMILES string of the molecule is CCC(C)(O)CNCC(N)=NO. The molecule has 0 aromatic rings. The fourth-order valence-electron chi connectivity index (χ4n) is 0.620. The van der Waals surface area contributed by atoms with E-state index in [0.717, 1.165) is 0 Å². The van der Waals surface area contributed by atoms with Crippen molar-refractivity contribution in [3.63, 3.8) is 0 Å². The van der Waals surface area contributed by atoms with Crippen molar-refractivity contribution < 1.29 is 10.3 Å². The first-order valence-electron chi connectivity index (χ1n) is 3.91. The average Bonchev–Trinajstić information content (AvgIpc) is 2.04. The molecule has 1 unspecified atom stereocenters. The van der Waals surface area contributed by atoms with Crippen molar-refractivity contribution >= 4 is 5.84 Å². The van der Waals surface area contributed by atoms with Crippen LogP contribution in [0.2, 0.25) is 0 Å². The lowest BCUT2D eigenvalue weighted by molar-refractivity contribution is 0.0571. The third-order valence-corrected chi connectivity index (χ3v) is 1.70. The molecule has 0 rings (SSSR count). The van der Waals surface area contributed by atoms with Gasteiger partial charge in [0.25, 0.3) is 0 Å². The Hall–Kier alpha value is -0.810. The van der Waals surface area contributed by atoms with Crippen molar-refractivity contribution in [2.45, 2.75) is 25.9 Å². The van der Waals surface area contributed by atoms with Crippen molar-refractivity contribution in [2.24, 2.45) is 10.9 Å². The van der Waals surface area contributed by atoms with Crippen molar-refractivity contribution in [1.82, 2.24) is 5.32 Å². The zero-order valence-corrected chi connectivity index (χ0v) is 7.54. The highest BCUT2D eigenvalue weighted by Crippen LogP contribution is 2.05. The predicted molar refractivity (Wildman–Crippen MR) is 47.2 cm³/mol. The molecule has 5 heteroatoms. The Morgan fingerprint density at radius 3 is 2.67 bits per heavy atom. The molecule has 0 spiro atoms. The number of hydrogen-bond acceptors (Lipinski definition) is 4. The molecule has 0 saturated carbocycles. The van der Waals surface area contributed by atoms with Gasteiger partial charge in [0, 0.05) is 6.54 Å². The minimum Gasteiger partial charge on any atom is -0.409 e. The fourth-order valence-corrected chi connectivity index (χ4v) is 0.620. The first kappa shape index (κ1) is 11.2. The smallest absolute Gasteiger partial charge is 0.153 e. The van der Waals surface area contributed by atoms with Gasteiger partial charge in [-0.1, -0.05) is 12.1 Å². The molecule has 0 amide bonds. The number of rotatable bonds is 5. The fraction of sp³-hybridized carbons (Fsp3) is 0.857. The van der Waals surface area contributed by atoms with Crippen LogP contribution in [0.15, 0.2) is 5.16 Å². The van der Waals surface area contributed by atoms with Gasteiger partial charge in [0.05, 0.1) is 12.1 Å². The van der Waals surface area contributed by atoms with Gasteiger partial charge < -0.3 is 21.4 Å². The van der Waals surface area contributed by atoms with Gasteiger partial charge in [0.15, 0.2) is 5.84 Å². The van der Waals surface area contributed by atoms with Crippen molar-refractivity contribution in [2.75, 3.05) is 13.1 Å². The standard InChI is InChI=1S/C7H17N3O2/c1-3-7(2,11)5-9-4-6(8)10-12/h9,11-12H,3-5H2,1-2H3,(H2,8,10). The van der Waals surface area contributed by atoms with Crippen LogP contribution in [0.25, 0.3) is 0 Å². The first-order chi connectivity index (χ1) is 5.52. The monoisotopic (exact) mass is 175 g/mol. The molecule has 0 aliphatic rings. The average molecular weight is 175 g/mol. The summed E-state index contributed by atoms with van der Waals surface area (Å²) in [5.74, 6) is 0.113. The Labute approximate surface area is 72.3 Å². The summed E-state index contributed by atoms with van der Waals surface area (Å²) in [6, 6.07) is 0. The van der Waals surface area contributed by atoms with E-state index >= 15 is 0 Å². The van der Waals surface area contributed by atoms with E-state index in [2.05, 4.69) is 10.5 Å². The van der Waals surface area contributed by atoms with Gasteiger partial charge in [-0.3, -0.25) is 0 Å². The number of oxime groups is 1. The van der Waals surface area contributed by atoms with E-state index in [0.29, 0.717) is 13.0 Å². The van der Waals surface area contributed by atoms with Crippen molar-refractivity contribution in [3.05, 3.63) is 0 Å². The van der Waals surface area contributed by atoms with E-state index in [9.17, 15) is 5.11 Å². The maximum absolute atomic E-state index is 9.50. The Balaban J connectivity index is 3.56. The van der Waals surface area contributed by atoms with E-state index in [1.807, 2.05) is 6.92 Å². The Kier molecular flexibility index (Phi) is 4.61. The lowest BCUT2D eigenvalue weighted by Crippen LogP contribution is -2.40. The molecule has 5 nitrogen and oxygen atoms in total. The van der Waals surface area contributed by atoms with Crippen LogP contribution in [-0.4, -0.2) is 34.8 Å². The molecule has 0 aromatic heterocycles. The Morgan fingerprint density at radius 1 is 1.67 bits per heavy atom. The first-order valence-corrected chi connectivity index (χ1v) is 3.91. The van der Waals surface area contributed by atoms with Crippen molar-refractivity contribution in [3.8, 4) is 0 Å². The second-order valence-corrected chi connectivity index (χ2v) is 3.05. The zero-order valence-electron chi connectivity index (χ0n) is 7.54. The molecule has 0 radical (unpaired) electrons. The summed E-state index contributed by atoms with van der Waals surface area (Å²) >= 11 is 0. The number of hydrogen-bond donors (Lipinski definition) is 4. The summed E-state index contributed by atoms with van der Waals surface area (Å²) in [5, 5.41) is 23.3. The molecule has 5 N–H and O–H groups in total. The Bertz CT molecular complexity index is 157. The van der Waals surface area contributed by atoms with E-state index in [4.69, 9.17) is 10.9 Å². The van der Waals surface area contributed by atoms with E-state index < -0.39 is 5.60 Å². The van der Waals surface area contributed by atoms with E-state index in [1.54, 1.807) is 6.92 Å². The van der Waals surface area contributed by atoms with Gasteiger partial charge in [-0.15, -0.1) is 0 Å². The molecule has 1 atom stereocenters. The third kappa shape index (κ3) is 4.92. The molecule has 72 valence electrons. The van der Waals surface area contributed by atoms with Crippen molar-refractivity contribution in [1.29, 1.82) is 0 Å².